The summed E-state index contributed by atoms with van der Waals surface area (Å²) in [4.78, 5) is 6.63. The average molecular weight is 205 g/mol. The molecule has 15 heavy (non-hydrogen) atoms. The van der Waals surface area contributed by atoms with Crippen LogP contribution in [0.5, 0.6) is 0 Å². The maximum Gasteiger partial charge on any atom is 0.151 e. The Hall–Kier alpha value is -1.29. The highest BCUT2D eigenvalue weighted by Crippen LogP contribution is 2.33. The molecule has 4 nitrogen and oxygen atoms in total. The molecule has 0 amide bonds. The van der Waals surface area contributed by atoms with Crippen LogP contribution < -0.4 is 10.6 Å². The lowest BCUT2D eigenvalue weighted by atomic mass is 10.0. The highest BCUT2D eigenvalue weighted by Gasteiger charge is 2.37. The monoisotopic (exact) mass is 205 g/mol. The van der Waals surface area contributed by atoms with Crippen molar-refractivity contribution in [2.24, 2.45) is 11.8 Å². The molecule has 2 N–H and O–H groups in total. The fraction of sp³-hybridized carbons (Fsp3) is 0.545. The van der Waals surface area contributed by atoms with E-state index in [0.29, 0.717) is 11.8 Å². The van der Waals surface area contributed by atoms with Crippen molar-refractivity contribution in [2.45, 2.75) is 0 Å². The second-order valence-electron chi connectivity index (χ2n) is 4.38. The maximum atomic E-state index is 5.92. The molecule has 0 unspecified atom stereocenters. The normalized spacial score (nSPS) is 29.5. The Morgan fingerprint density at radius 2 is 2.07 bits per heavy atom. The van der Waals surface area contributed by atoms with Crippen LogP contribution in [-0.4, -0.2) is 31.3 Å². The van der Waals surface area contributed by atoms with Crippen LogP contribution in [0.15, 0.2) is 18.3 Å². The summed E-state index contributed by atoms with van der Waals surface area (Å²) >= 11 is 0. The minimum atomic E-state index is 0.673. The number of pyridine rings is 1. The third-order valence-electron chi connectivity index (χ3n) is 3.36. The number of nitrogens with two attached hydrogens (primary N) is 1. The highest BCUT2D eigenvalue weighted by molar-refractivity contribution is 5.62. The largest absolute Gasteiger partial charge is 0.396 e. The lowest BCUT2D eigenvalue weighted by Gasteiger charge is -2.19. The second kappa shape index (κ2) is 3.38. The summed E-state index contributed by atoms with van der Waals surface area (Å²) in [7, 11) is 0. The van der Waals surface area contributed by atoms with Gasteiger partial charge in [0.05, 0.1) is 18.9 Å². The standard InChI is InChI=1S/C11H15N3O/c12-10-2-1-3-13-11(10)14-4-8-6-15-7-9(8)5-14/h1-3,8-9H,4-7,12H2/t8-,9-/m0/s1. The first-order chi connectivity index (χ1) is 7.34. The van der Waals surface area contributed by atoms with Crippen LogP contribution in [0.1, 0.15) is 0 Å². The molecule has 2 saturated heterocycles. The second-order valence-corrected chi connectivity index (χ2v) is 4.38. The van der Waals surface area contributed by atoms with Crippen LogP contribution in [-0.2, 0) is 4.74 Å². The molecule has 2 fully saturated rings. The van der Waals surface area contributed by atoms with E-state index in [2.05, 4.69) is 9.88 Å². The van der Waals surface area contributed by atoms with E-state index >= 15 is 0 Å². The van der Waals surface area contributed by atoms with E-state index in [4.69, 9.17) is 10.5 Å². The van der Waals surface area contributed by atoms with E-state index in [9.17, 15) is 0 Å². The summed E-state index contributed by atoms with van der Waals surface area (Å²) in [6, 6.07) is 3.78. The molecular formula is C11H15N3O. The molecule has 0 saturated carbocycles. The number of anilines is 2. The number of ether oxygens (including phenoxy) is 1. The molecule has 0 radical (unpaired) electrons. The van der Waals surface area contributed by atoms with Crippen molar-refractivity contribution in [1.82, 2.24) is 4.98 Å². The predicted molar refractivity (Wildman–Crippen MR) is 58.7 cm³/mol. The molecule has 2 aliphatic heterocycles. The Bertz CT molecular complexity index is 357. The van der Waals surface area contributed by atoms with Crippen molar-refractivity contribution in [3.63, 3.8) is 0 Å². The maximum absolute atomic E-state index is 5.92. The van der Waals surface area contributed by atoms with E-state index in [1.165, 1.54) is 0 Å². The molecule has 80 valence electrons. The van der Waals surface area contributed by atoms with Gasteiger partial charge in [0.2, 0.25) is 0 Å². The summed E-state index contributed by atoms with van der Waals surface area (Å²) in [5.41, 5.74) is 6.69. The van der Waals surface area contributed by atoms with Gasteiger partial charge in [-0.25, -0.2) is 4.98 Å². The van der Waals surface area contributed by atoms with Crippen LogP contribution in [0.25, 0.3) is 0 Å². The first-order valence-corrected chi connectivity index (χ1v) is 5.38. The molecule has 0 aliphatic carbocycles. The molecule has 0 bridgehead atoms. The van der Waals surface area contributed by atoms with E-state index < -0.39 is 0 Å². The number of hydrogen-bond donors (Lipinski definition) is 1. The zero-order valence-corrected chi connectivity index (χ0v) is 8.60. The average Bonchev–Trinajstić information content (AvgIpc) is 2.77. The molecule has 3 heterocycles. The van der Waals surface area contributed by atoms with Crippen LogP contribution in [0.2, 0.25) is 0 Å². The highest BCUT2D eigenvalue weighted by atomic mass is 16.5. The molecule has 3 rings (SSSR count). The Balaban J connectivity index is 1.82. The van der Waals surface area contributed by atoms with Crippen molar-refractivity contribution in [2.75, 3.05) is 36.9 Å². The minimum Gasteiger partial charge on any atom is -0.396 e. The van der Waals surface area contributed by atoms with Gasteiger partial charge in [0.15, 0.2) is 5.82 Å². The minimum absolute atomic E-state index is 0.673. The van der Waals surface area contributed by atoms with Crippen LogP contribution in [0.3, 0.4) is 0 Å². The number of aromatic nitrogens is 1. The third-order valence-corrected chi connectivity index (χ3v) is 3.36. The Morgan fingerprint density at radius 3 is 2.73 bits per heavy atom. The third kappa shape index (κ3) is 1.45. The summed E-state index contributed by atoms with van der Waals surface area (Å²) in [6.45, 7) is 3.86. The molecule has 2 atom stereocenters. The fourth-order valence-corrected chi connectivity index (χ4v) is 2.53. The quantitative estimate of drug-likeness (QED) is 0.735. The van der Waals surface area contributed by atoms with Crippen molar-refractivity contribution < 1.29 is 4.74 Å². The van der Waals surface area contributed by atoms with Crippen LogP contribution in [0, 0.1) is 11.8 Å². The van der Waals surface area contributed by atoms with Gasteiger partial charge < -0.3 is 15.4 Å². The summed E-state index contributed by atoms with van der Waals surface area (Å²) in [6.07, 6.45) is 1.80. The zero-order chi connectivity index (χ0) is 10.3. The zero-order valence-electron chi connectivity index (χ0n) is 8.60. The molecule has 1 aromatic rings. The first kappa shape index (κ1) is 8.97. The lowest BCUT2D eigenvalue weighted by molar-refractivity contribution is 0.177. The van der Waals surface area contributed by atoms with E-state index in [0.717, 1.165) is 37.8 Å². The predicted octanol–water partition coefficient (Wildman–Crippen LogP) is 0.746. The number of hydrogen-bond acceptors (Lipinski definition) is 4. The van der Waals surface area contributed by atoms with Crippen molar-refractivity contribution in [1.29, 1.82) is 0 Å². The number of fused-ring (bicyclic) bond motifs is 1. The molecule has 2 aliphatic rings. The number of rotatable bonds is 1. The molecule has 1 aromatic heterocycles. The SMILES string of the molecule is Nc1cccnc1N1C[C@H]2COC[C@@H]2C1. The van der Waals surface area contributed by atoms with Gasteiger partial charge in [-0.2, -0.15) is 0 Å². The van der Waals surface area contributed by atoms with Gasteiger partial charge in [-0.05, 0) is 12.1 Å². The van der Waals surface area contributed by atoms with Crippen molar-refractivity contribution in [3.8, 4) is 0 Å². The van der Waals surface area contributed by atoms with E-state index in [1.54, 1.807) is 6.20 Å². The van der Waals surface area contributed by atoms with Gasteiger partial charge in [-0.1, -0.05) is 0 Å². The van der Waals surface area contributed by atoms with Gasteiger partial charge in [0.25, 0.3) is 0 Å². The molecule has 4 heteroatoms. The Labute approximate surface area is 89.0 Å². The Morgan fingerprint density at radius 1 is 1.33 bits per heavy atom. The number of nitrogens with zero attached hydrogens (tertiary/aromatic N) is 2. The Kier molecular flexibility index (Phi) is 2.02. The van der Waals surface area contributed by atoms with Gasteiger partial charge in [0.1, 0.15) is 0 Å². The van der Waals surface area contributed by atoms with Gasteiger partial charge in [-0.3, -0.25) is 0 Å². The molecule has 0 aromatic carbocycles. The molecule has 0 spiro atoms. The van der Waals surface area contributed by atoms with Crippen LogP contribution >= 0.6 is 0 Å². The first-order valence-electron chi connectivity index (χ1n) is 5.38. The summed E-state index contributed by atoms with van der Waals surface area (Å²) < 4.78 is 5.45. The summed E-state index contributed by atoms with van der Waals surface area (Å²) in [5.74, 6) is 2.28. The summed E-state index contributed by atoms with van der Waals surface area (Å²) in [5, 5.41) is 0. The topological polar surface area (TPSA) is 51.4 Å². The van der Waals surface area contributed by atoms with E-state index in [-0.39, 0.29) is 0 Å². The van der Waals surface area contributed by atoms with E-state index in [1.807, 2.05) is 12.1 Å². The number of nitrogen functional groups attached to an aromatic ring is 1. The van der Waals surface area contributed by atoms with Crippen molar-refractivity contribution >= 4 is 11.5 Å². The lowest BCUT2D eigenvalue weighted by Crippen LogP contribution is -2.24. The smallest absolute Gasteiger partial charge is 0.151 e. The van der Waals surface area contributed by atoms with Gasteiger partial charge in [0, 0.05) is 31.1 Å². The fourth-order valence-electron chi connectivity index (χ4n) is 2.53. The van der Waals surface area contributed by atoms with Gasteiger partial charge in [-0.15, -0.1) is 0 Å². The van der Waals surface area contributed by atoms with Crippen molar-refractivity contribution in [3.05, 3.63) is 18.3 Å². The van der Waals surface area contributed by atoms with Crippen LogP contribution in [0.4, 0.5) is 11.5 Å². The van der Waals surface area contributed by atoms with Gasteiger partial charge >= 0.3 is 0 Å². The molecular weight excluding hydrogens is 190 g/mol.